The van der Waals surface area contributed by atoms with Crippen molar-refractivity contribution in [2.45, 2.75) is 12.5 Å². The van der Waals surface area contributed by atoms with Crippen LogP contribution in [0.15, 0.2) is 24.5 Å². The van der Waals surface area contributed by atoms with Gasteiger partial charge in [0.05, 0.1) is 6.26 Å². The highest BCUT2D eigenvalue weighted by Crippen LogP contribution is 2.29. The Bertz CT molecular complexity index is 180. The quantitative estimate of drug-likeness (QED) is 0.593. The highest BCUT2D eigenvalue weighted by molar-refractivity contribution is 7.99. The van der Waals surface area contributed by atoms with Crippen LogP contribution in [0, 0.1) is 5.92 Å². The molecule has 0 aromatic rings. The molecule has 2 aliphatic heterocycles. The minimum Gasteiger partial charge on any atom is -0.494 e. The van der Waals surface area contributed by atoms with E-state index in [4.69, 9.17) is 4.74 Å². The van der Waals surface area contributed by atoms with Crippen LogP contribution in [0.1, 0.15) is 6.42 Å². The molecule has 0 amide bonds. The van der Waals surface area contributed by atoms with Crippen molar-refractivity contribution in [3.63, 3.8) is 0 Å². The Morgan fingerprint density at radius 2 is 2.36 bits per heavy atom. The largest absolute Gasteiger partial charge is 0.494 e. The lowest BCUT2D eigenvalue weighted by atomic mass is 10.0. The summed E-state index contributed by atoms with van der Waals surface area (Å²) in [7, 11) is 0. The molecule has 0 spiro atoms. The van der Waals surface area contributed by atoms with E-state index >= 15 is 0 Å². The van der Waals surface area contributed by atoms with E-state index in [1.807, 2.05) is 17.8 Å². The molecule has 0 aromatic carbocycles. The fourth-order valence-electron chi connectivity index (χ4n) is 1.48. The van der Waals surface area contributed by atoms with Crippen LogP contribution in [0.2, 0.25) is 0 Å². The van der Waals surface area contributed by atoms with E-state index in [0.29, 0.717) is 6.10 Å². The van der Waals surface area contributed by atoms with Crippen LogP contribution in [0.3, 0.4) is 0 Å². The van der Waals surface area contributed by atoms with Crippen molar-refractivity contribution < 1.29 is 4.74 Å². The highest BCUT2D eigenvalue weighted by atomic mass is 32.2. The summed E-state index contributed by atoms with van der Waals surface area (Å²) in [5.74, 6) is 3.33. The van der Waals surface area contributed by atoms with Gasteiger partial charge < -0.3 is 4.74 Å². The lowest BCUT2D eigenvalue weighted by molar-refractivity contribution is 0.135. The fourth-order valence-corrected chi connectivity index (χ4v) is 2.78. The first-order chi connectivity index (χ1) is 5.47. The van der Waals surface area contributed by atoms with Gasteiger partial charge in [-0.2, -0.15) is 11.8 Å². The zero-order chi connectivity index (χ0) is 7.52. The summed E-state index contributed by atoms with van der Waals surface area (Å²) in [4.78, 5) is 0. The lowest BCUT2D eigenvalue weighted by Crippen LogP contribution is -2.20. The molecule has 0 bridgehead atoms. The average Bonchev–Trinajstić information content (AvgIpc) is 2.58. The van der Waals surface area contributed by atoms with Crippen LogP contribution >= 0.6 is 11.8 Å². The predicted octanol–water partition coefficient (Wildman–Crippen LogP) is 2.21. The van der Waals surface area contributed by atoms with Crippen LogP contribution in [0.5, 0.6) is 0 Å². The van der Waals surface area contributed by atoms with E-state index in [1.54, 1.807) is 6.26 Å². The number of rotatable bonds is 1. The molecule has 1 saturated heterocycles. The van der Waals surface area contributed by atoms with Gasteiger partial charge in [-0.1, -0.05) is 6.08 Å². The van der Waals surface area contributed by atoms with Gasteiger partial charge in [-0.15, -0.1) is 0 Å². The number of hydrogen-bond acceptors (Lipinski definition) is 2. The van der Waals surface area contributed by atoms with Crippen LogP contribution in [-0.4, -0.2) is 17.6 Å². The van der Waals surface area contributed by atoms with Crippen molar-refractivity contribution in [2.75, 3.05) is 11.5 Å². The summed E-state index contributed by atoms with van der Waals surface area (Å²) in [5, 5.41) is 0. The van der Waals surface area contributed by atoms with Crippen LogP contribution in [-0.2, 0) is 4.74 Å². The molecule has 0 aromatic heterocycles. The van der Waals surface area contributed by atoms with E-state index in [0.717, 1.165) is 5.92 Å². The molecular formula is C9H12OS. The van der Waals surface area contributed by atoms with Crippen molar-refractivity contribution in [3.05, 3.63) is 24.5 Å². The van der Waals surface area contributed by atoms with Gasteiger partial charge >= 0.3 is 0 Å². The third kappa shape index (κ3) is 1.62. The number of allylic oxidation sites excluding steroid dienone is 2. The van der Waals surface area contributed by atoms with Crippen molar-refractivity contribution in [1.29, 1.82) is 0 Å². The summed E-state index contributed by atoms with van der Waals surface area (Å²) in [6.45, 7) is 0. The van der Waals surface area contributed by atoms with E-state index in [-0.39, 0.29) is 0 Å². The second kappa shape index (κ2) is 3.35. The van der Waals surface area contributed by atoms with E-state index in [1.165, 1.54) is 17.9 Å². The van der Waals surface area contributed by atoms with Gasteiger partial charge in [0.2, 0.25) is 0 Å². The van der Waals surface area contributed by atoms with Crippen LogP contribution in [0.25, 0.3) is 0 Å². The van der Waals surface area contributed by atoms with Crippen molar-refractivity contribution in [2.24, 2.45) is 5.92 Å². The maximum atomic E-state index is 5.48. The Hall–Kier alpha value is -0.370. The molecule has 0 radical (unpaired) electrons. The molecule has 0 N–H and O–H groups in total. The molecule has 2 unspecified atom stereocenters. The molecule has 2 atom stereocenters. The number of thioether (sulfide) groups is 1. The van der Waals surface area contributed by atoms with E-state index < -0.39 is 0 Å². The summed E-state index contributed by atoms with van der Waals surface area (Å²) >= 11 is 2.04. The monoisotopic (exact) mass is 168 g/mol. The maximum absolute atomic E-state index is 5.48. The molecule has 0 aliphatic carbocycles. The third-order valence-corrected chi connectivity index (χ3v) is 3.34. The van der Waals surface area contributed by atoms with Gasteiger partial charge in [0.15, 0.2) is 0 Å². The van der Waals surface area contributed by atoms with Crippen LogP contribution in [0.4, 0.5) is 0 Å². The number of hydrogen-bond donors (Lipinski definition) is 0. The Morgan fingerprint density at radius 3 is 3.00 bits per heavy atom. The lowest BCUT2D eigenvalue weighted by Gasteiger charge is -2.20. The zero-order valence-electron chi connectivity index (χ0n) is 6.40. The molecule has 1 nitrogen and oxygen atoms in total. The van der Waals surface area contributed by atoms with Gasteiger partial charge in [-0.25, -0.2) is 0 Å². The first-order valence-electron chi connectivity index (χ1n) is 4.03. The smallest absolute Gasteiger partial charge is 0.120 e. The standard InChI is InChI=1S/C9H12OS/c1-2-5-10-9(3-1)8-4-6-11-7-8/h1-3,5,8-9H,4,6-7H2. The normalized spacial score (nSPS) is 35.6. The highest BCUT2D eigenvalue weighted by Gasteiger charge is 2.24. The number of ether oxygens (including phenoxy) is 1. The molecule has 11 heavy (non-hydrogen) atoms. The molecule has 0 saturated carbocycles. The molecule has 60 valence electrons. The van der Waals surface area contributed by atoms with Gasteiger partial charge in [0.1, 0.15) is 6.10 Å². The van der Waals surface area contributed by atoms with Crippen molar-refractivity contribution in [1.82, 2.24) is 0 Å². The molecule has 1 fully saturated rings. The molecule has 2 aliphatic rings. The summed E-state index contributed by atoms with van der Waals surface area (Å²) < 4.78 is 5.48. The Balaban J connectivity index is 1.94. The average molecular weight is 168 g/mol. The summed E-state index contributed by atoms with van der Waals surface area (Å²) in [6.07, 6.45) is 9.66. The first-order valence-corrected chi connectivity index (χ1v) is 5.19. The van der Waals surface area contributed by atoms with Crippen molar-refractivity contribution >= 4 is 11.8 Å². The van der Waals surface area contributed by atoms with E-state index in [2.05, 4.69) is 12.2 Å². The molecule has 2 rings (SSSR count). The first kappa shape index (κ1) is 7.29. The van der Waals surface area contributed by atoms with Gasteiger partial charge in [-0.05, 0) is 30.1 Å². The molecule has 2 heteroatoms. The fraction of sp³-hybridized carbons (Fsp3) is 0.556. The molecular weight excluding hydrogens is 156 g/mol. The second-order valence-corrected chi connectivity index (χ2v) is 4.09. The minimum absolute atomic E-state index is 0.356. The Morgan fingerprint density at radius 1 is 1.36 bits per heavy atom. The zero-order valence-corrected chi connectivity index (χ0v) is 7.22. The minimum atomic E-state index is 0.356. The Kier molecular flexibility index (Phi) is 2.22. The van der Waals surface area contributed by atoms with Gasteiger partial charge in [0.25, 0.3) is 0 Å². The van der Waals surface area contributed by atoms with Gasteiger partial charge in [-0.3, -0.25) is 0 Å². The van der Waals surface area contributed by atoms with Crippen LogP contribution < -0.4 is 0 Å². The predicted molar refractivity (Wildman–Crippen MR) is 48.6 cm³/mol. The Labute approximate surface area is 71.5 Å². The maximum Gasteiger partial charge on any atom is 0.120 e. The van der Waals surface area contributed by atoms with E-state index in [9.17, 15) is 0 Å². The summed E-state index contributed by atoms with van der Waals surface area (Å²) in [5.41, 5.74) is 0. The molecule has 2 heterocycles. The summed E-state index contributed by atoms with van der Waals surface area (Å²) in [6, 6.07) is 0. The van der Waals surface area contributed by atoms with Gasteiger partial charge in [0, 0.05) is 5.92 Å². The SMILES string of the molecule is C1=COC(C2CCSC2)C=C1. The van der Waals surface area contributed by atoms with Crippen molar-refractivity contribution in [3.8, 4) is 0 Å². The third-order valence-electron chi connectivity index (χ3n) is 2.16. The second-order valence-electron chi connectivity index (χ2n) is 2.94. The topological polar surface area (TPSA) is 9.23 Å².